The van der Waals surface area contributed by atoms with Gasteiger partial charge in [0.15, 0.2) is 6.10 Å². The summed E-state index contributed by atoms with van der Waals surface area (Å²) in [5.74, 6) is -0.802. The number of hydrogen-bond donors (Lipinski definition) is 2. The van der Waals surface area contributed by atoms with Crippen molar-refractivity contribution in [2.75, 3.05) is 26.4 Å². The largest absolute Gasteiger partial charge is 0.472 e. The van der Waals surface area contributed by atoms with Crippen molar-refractivity contribution in [1.82, 2.24) is 0 Å². The number of phosphoric ester groups is 1. The molecule has 0 aliphatic rings. The molecule has 0 radical (unpaired) electrons. The molecule has 9 nitrogen and oxygen atoms in total. The minimum atomic E-state index is -4.39. The first-order valence-corrected chi connectivity index (χ1v) is 35.2. The molecule has 0 rings (SSSR count). The van der Waals surface area contributed by atoms with Gasteiger partial charge in [-0.15, -0.1) is 0 Å². The molecule has 0 saturated heterocycles. The fraction of sp³-hybridized carbons (Fsp3) is 0.939. The average Bonchev–Trinajstić information content (AvgIpc) is 3.41. The number of carbonyl (C=O) groups excluding carboxylic acids is 2. The quantitative estimate of drug-likeness (QED) is 0.0264. The summed E-state index contributed by atoms with van der Waals surface area (Å²) in [6, 6.07) is 0. The van der Waals surface area contributed by atoms with Crippen LogP contribution in [0.5, 0.6) is 0 Å². The zero-order chi connectivity index (χ0) is 55.2. The topological polar surface area (TPSA) is 134 Å². The van der Waals surface area contributed by atoms with Gasteiger partial charge in [0.1, 0.15) is 6.61 Å². The predicted octanol–water partition coefficient (Wildman–Crippen LogP) is 21.6. The molecule has 0 aromatic heterocycles. The van der Waals surface area contributed by atoms with E-state index in [2.05, 4.69) is 26.0 Å². The molecule has 0 aromatic rings. The Morgan fingerprint density at radius 2 is 0.645 bits per heavy atom. The SMILES string of the molecule is CCCCCCCCCC/C=C\CCCCCCCCCCCCCCCCCC(=O)OC(COC(=O)CCCCCCCCCCCCCCCCCCCCCCCCCCCCCC)COP(=O)(O)OCCN. The van der Waals surface area contributed by atoms with Crippen LogP contribution in [0, 0.1) is 0 Å². The van der Waals surface area contributed by atoms with Crippen molar-refractivity contribution in [1.29, 1.82) is 0 Å². The Kier molecular flexibility index (Phi) is 61.9. The van der Waals surface area contributed by atoms with Crippen LogP contribution in [0.3, 0.4) is 0 Å². The molecule has 0 aromatic carbocycles. The van der Waals surface area contributed by atoms with Crippen LogP contribution in [0.25, 0.3) is 0 Å². The van der Waals surface area contributed by atoms with Crippen LogP contribution in [0.2, 0.25) is 0 Å². The average molecular weight is 1100 g/mol. The minimum Gasteiger partial charge on any atom is -0.462 e. The van der Waals surface area contributed by atoms with Gasteiger partial charge in [-0.3, -0.25) is 18.6 Å². The molecule has 0 bridgehead atoms. The van der Waals surface area contributed by atoms with Gasteiger partial charge in [0.25, 0.3) is 0 Å². The Morgan fingerprint density at radius 3 is 0.934 bits per heavy atom. The van der Waals surface area contributed by atoms with Gasteiger partial charge in [0, 0.05) is 19.4 Å². The highest BCUT2D eigenvalue weighted by atomic mass is 31.2. The third-order valence-electron chi connectivity index (χ3n) is 15.4. The number of ether oxygens (including phenoxy) is 2. The zero-order valence-corrected chi connectivity index (χ0v) is 51.7. The van der Waals surface area contributed by atoms with Gasteiger partial charge in [-0.1, -0.05) is 328 Å². The van der Waals surface area contributed by atoms with Crippen LogP contribution in [0.1, 0.15) is 367 Å². The lowest BCUT2D eigenvalue weighted by Gasteiger charge is -2.19. The van der Waals surface area contributed by atoms with Crippen molar-refractivity contribution in [3.8, 4) is 0 Å². The summed E-state index contributed by atoms with van der Waals surface area (Å²) >= 11 is 0. The Balaban J connectivity index is 3.83. The number of nitrogens with two attached hydrogens (primary N) is 1. The van der Waals surface area contributed by atoms with E-state index in [4.69, 9.17) is 24.3 Å². The van der Waals surface area contributed by atoms with E-state index in [1.165, 1.54) is 302 Å². The molecule has 0 amide bonds. The van der Waals surface area contributed by atoms with Crippen molar-refractivity contribution in [3.05, 3.63) is 12.2 Å². The smallest absolute Gasteiger partial charge is 0.462 e. The van der Waals surface area contributed by atoms with Gasteiger partial charge in [-0.2, -0.15) is 0 Å². The second-order valence-electron chi connectivity index (χ2n) is 23.1. The van der Waals surface area contributed by atoms with Crippen LogP contribution < -0.4 is 5.73 Å². The molecule has 0 aliphatic carbocycles. The van der Waals surface area contributed by atoms with E-state index in [-0.39, 0.29) is 38.6 Å². The monoisotopic (exact) mass is 1100 g/mol. The number of hydrogen-bond acceptors (Lipinski definition) is 8. The molecule has 2 unspecified atom stereocenters. The minimum absolute atomic E-state index is 0.0575. The maximum absolute atomic E-state index is 12.7. The molecule has 0 saturated carbocycles. The maximum atomic E-state index is 12.7. The molecule has 0 heterocycles. The summed E-state index contributed by atoms with van der Waals surface area (Å²) in [6.07, 6.45) is 74.5. The number of allylic oxidation sites excluding steroid dienone is 2. The lowest BCUT2D eigenvalue weighted by molar-refractivity contribution is -0.161. The van der Waals surface area contributed by atoms with E-state index in [9.17, 15) is 19.0 Å². The highest BCUT2D eigenvalue weighted by Gasteiger charge is 2.26. The van der Waals surface area contributed by atoms with Crippen LogP contribution in [-0.4, -0.2) is 49.3 Å². The van der Waals surface area contributed by atoms with Gasteiger partial charge in [-0.05, 0) is 38.5 Å². The molecular weight excluding hydrogens is 966 g/mol. The first-order valence-electron chi connectivity index (χ1n) is 33.7. The maximum Gasteiger partial charge on any atom is 0.472 e. The molecule has 0 spiro atoms. The Bertz CT molecular complexity index is 1250. The van der Waals surface area contributed by atoms with Gasteiger partial charge in [-0.25, -0.2) is 4.57 Å². The number of carbonyl (C=O) groups is 2. The molecule has 0 aliphatic heterocycles. The van der Waals surface area contributed by atoms with Crippen LogP contribution in [0.15, 0.2) is 12.2 Å². The first-order chi connectivity index (χ1) is 37.3. The lowest BCUT2D eigenvalue weighted by atomic mass is 10.0. The lowest BCUT2D eigenvalue weighted by Crippen LogP contribution is -2.29. The van der Waals surface area contributed by atoms with E-state index in [0.717, 1.165) is 32.1 Å². The normalized spacial score (nSPS) is 12.9. The molecule has 3 N–H and O–H groups in total. The summed E-state index contributed by atoms with van der Waals surface area (Å²) in [5.41, 5.74) is 5.40. The van der Waals surface area contributed by atoms with Crippen molar-refractivity contribution >= 4 is 19.8 Å². The van der Waals surface area contributed by atoms with Crippen molar-refractivity contribution in [2.24, 2.45) is 5.73 Å². The predicted molar refractivity (Wildman–Crippen MR) is 326 cm³/mol. The Morgan fingerprint density at radius 1 is 0.382 bits per heavy atom. The molecule has 452 valence electrons. The number of esters is 2. The van der Waals surface area contributed by atoms with Gasteiger partial charge in [0.2, 0.25) is 0 Å². The molecule has 76 heavy (non-hydrogen) atoms. The summed E-state index contributed by atoms with van der Waals surface area (Å²) in [7, 11) is -4.39. The summed E-state index contributed by atoms with van der Waals surface area (Å²) < 4.78 is 33.2. The highest BCUT2D eigenvalue weighted by Crippen LogP contribution is 2.43. The van der Waals surface area contributed by atoms with Crippen LogP contribution in [0.4, 0.5) is 0 Å². The zero-order valence-electron chi connectivity index (χ0n) is 50.8. The van der Waals surface area contributed by atoms with E-state index < -0.39 is 26.5 Å². The molecule has 10 heteroatoms. The van der Waals surface area contributed by atoms with E-state index >= 15 is 0 Å². The second kappa shape index (κ2) is 62.9. The highest BCUT2D eigenvalue weighted by molar-refractivity contribution is 7.47. The van der Waals surface area contributed by atoms with E-state index in [1.54, 1.807) is 0 Å². The van der Waals surface area contributed by atoms with Crippen molar-refractivity contribution in [3.63, 3.8) is 0 Å². The fourth-order valence-corrected chi connectivity index (χ4v) is 11.2. The third-order valence-corrected chi connectivity index (χ3v) is 16.4. The summed E-state index contributed by atoms with van der Waals surface area (Å²) in [6.45, 7) is 3.83. The molecule has 2 atom stereocenters. The van der Waals surface area contributed by atoms with Gasteiger partial charge < -0.3 is 20.1 Å². The van der Waals surface area contributed by atoms with Crippen molar-refractivity contribution in [2.45, 2.75) is 373 Å². The molecule has 0 fully saturated rings. The van der Waals surface area contributed by atoms with Crippen molar-refractivity contribution < 1.29 is 37.6 Å². The summed E-state index contributed by atoms with van der Waals surface area (Å²) in [5, 5.41) is 0. The Labute approximate surface area is 472 Å². The third kappa shape index (κ3) is 62.0. The summed E-state index contributed by atoms with van der Waals surface area (Å²) in [4.78, 5) is 35.3. The number of rotatable bonds is 65. The van der Waals surface area contributed by atoms with Gasteiger partial charge >= 0.3 is 19.8 Å². The second-order valence-corrected chi connectivity index (χ2v) is 24.5. The fourth-order valence-electron chi connectivity index (χ4n) is 10.4. The van der Waals surface area contributed by atoms with E-state index in [1.807, 2.05) is 0 Å². The Hall–Kier alpha value is -1.25. The number of phosphoric acid groups is 1. The van der Waals surface area contributed by atoms with Crippen LogP contribution in [-0.2, 0) is 32.7 Å². The van der Waals surface area contributed by atoms with E-state index in [0.29, 0.717) is 6.42 Å². The van der Waals surface area contributed by atoms with Crippen LogP contribution >= 0.6 is 7.82 Å². The number of unbranched alkanes of at least 4 members (excludes halogenated alkanes) is 50. The first kappa shape index (κ1) is 74.8. The standard InChI is InChI=1S/C66H130NO8P/c1-3-5-7-9-11-13-15-17-19-21-23-25-27-29-31-33-34-36-38-40-42-44-46-48-50-52-54-56-58-65(68)72-62-64(63-74-76(70,71)73-61-60-67)75-66(69)59-57-55-53-51-49-47-45-43-41-39-37-35-32-30-28-26-24-22-20-18-16-14-12-10-8-6-4-2/h22,24,64H,3-21,23,25-63,67H2,1-2H3,(H,70,71)/b24-22-. The van der Waals surface area contributed by atoms with Gasteiger partial charge in [0.05, 0.1) is 13.2 Å². The molecular formula is C66H130NO8P.